The number of hydrogen-bond acceptors (Lipinski definition) is 4. The van der Waals surface area contributed by atoms with E-state index >= 15 is 0 Å². The molecule has 21 heavy (non-hydrogen) atoms. The molecule has 0 radical (unpaired) electrons. The van der Waals surface area contributed by atoms with Crippen molar-refractivity contribution < 1.29 is 19.1 Å². The van der Waals surface area contributed by atoms with Crippen LogP contribution in [-0.2, 0) is 9.53 Å². The van der Waals surface area contributed by atoms with Gasteiger partial charge >= 0.3 is 5.97 Å². The lowest BCUT2D eigenvalue weighted by Crippen LogP contribution is -2.33. The van der Waals surface area contributed by atoms with Crippen LogP contribution in [0.3, 0.4) is 0 Å². The molecule has 0 heterocycles. The number of amides is 1. The van der Waals surface area contributed by atoms with Crippen LogP contribution in [-0.4, -0.2) is 43.1 Å². The molecule has 0 bridgehead atoms. The summed E-state index contributed by atoms with van der Waals surface area (Å²) in [6.45, 7) is 6.02. The van der Waals surface area contributed by atoms with E-state index in [4.69, 9.17) is 9.47 Å². The number of rotatable bonds is 7. The highest BCUT2D eigenvalue weighted by molar-refractivity contribution is 5.95. The van der Waals surface area contributed by atoms with Crippen LogP contribution in [0.4, 0.5) is 0 Å². The summed E-state index contributed by atoms with van der Waals surface area (Å²) in [7, 11) is 1.57. The Hall–Kier alpha value is -2.04. The highest BCUT2D eigenvalue weighted by Crippen LogP contribution is 2.15. The zero-order chi connectivity index (χ0) is 15.8. The molecule has 1 unspecified atom stereocenters. The topological polar surface area (TPSA) is 55.8 Å². The Morgan fingerprint density at radius 2 is 1.81 bits per heavy atom. The van der Waals surface area contributed by atoms with Crippen LogP contribution < -0.4 is 4.74 Å². The summed E-state index contributed by atoms with van der Waals surface area (Å²) in [5, 5.41) is 0. The maximum absolute atomic E-state index is 12.2. The van der Waals surface area contributed by atoms with Gasteiger partial charge in [0.2, 0.25) is 0 Å². The van der Waals surface area contributed by atoms with Gasteiger partial charge in [0.05, 0.1) is 12.7 Å². The predicted octanol–water partition coefficient (Wildman–Crippen LogP) is 2.50. The van der Waals surface area contributed by atoms with Gasteiger partial charge in [-0.1, -0.05) is 6.92 Å². The highest BCUT2D eigenvalue weighted by Gasteiger charge is 2.15. The molecule has 0 fully saturated rings. The van der Waals surface area contributed by atoms with E-state index in [1.54, 1.807) is 38.2 Å². The fourth-order valence-corrected chi connectivity index (χ4v) is 1.68. The Bertz CT molecular complexity index is 470. The molecule has 1 amide bonds. The van der Waals surface area contributed by atoms with E-state index in [2.05, 4.69) is 0 Å². The van der Waals surface area contributed by atoms with Crippen LogP contribution in [0.2, 0.25) is 0 Å². The fourth-order valence-electron chi connectivity index (χ4n) is 1.68. The summed E-state index contributed by atoms with van der Waals surface area (Å²) >= 11 is 0. The molecule has 5 nitrogen and oxygen atoms in total. The number of benzene rings is 1. The van der Waals surface area contributed by atoms with Crippen molar-refractivity contribution in [2.24, 2.45) is 0 Å². The van der Waals surface area contributed by atoms with Gasteiger partial charge in [-0.15, -0.1) is 0 Å². The Balaban J connectivity index is 2.64. The summed E-state index contributed by atoms with van der Waals surface area (Å²) in [6, 6.07) is 6.92. The first-order valence-electron chi connectivity index (χ1n) is 7.15. The van der Waals surface area contributed by atoms with Gasteiger partial charge in [0.15, 0.2) is 0 Å². The van der Waals surface area contributed by atoms with Crippen molar-refractivity contribution in [3.05, 3.63) is 29.8 Å². The molecule has 0 saturated heterocycles. The normalized spacial score (nSPS) is 11.6. The van der Waals surface area contributed by atoms with Crippen LogP contribution in [0.15, 0.2) is 24.3 Å². The molecule has 0 aliphatic heterocycles. The lowest BCUT2D eigenvalue weighted by Gasteiger charge is -2.17. The van der Waals surface area contributed by atoms with Gasteiger partial charge in [-0.3, -0.25) is 9.59 Å². The largest absolute Gasteiger partial charge is 0.491 e. The molecule has 0 aromatic heterocycles. The first-order valence-corrected chi connectivity index (χ1v) is 7.15. The third-order valence-electron chi connectivity index (χ3n) is 3.03. The molecule has 0 aliphatic rings. The van der Waals surface area contributed by atoms with Crippen molar-refractivity contribution in [1.29, 1.82) is 0 Å². The Morgan fingerprint density at radius 3 is 2.33 bits per heavy atom. The molecule has 0 spiro atoms. The molecule has 1 atom stereocenters. The van der Waals surface area contributed by atoms with E-state index < -0.39 is 5.97 Å². The fraction of sp³-hybridized carbons (Fsp3) is 0.500. The first kappa shape index (κ1) is 17.0. The van der Waals surface area contributed by atoms with Crippen molar-refractivity contribution in [1.82, 2.24) is 4.90 Å². The van der Waals surface area contributed by atoms with Crippen LogP contribution in [0.5, 0.6) is 5.75 Å². The molecule has 1 aromatic carbocycles. The van der Waals surface area contributed by atoms with Gasteiger partial charge in [-0.2, -0.15) is 0 Å². The van der Waals surface area contributed by atoms with E-state index in [0.717, 1.165) is 12.2 Å². The molecular formula is C16H23NO4. The van der Waals surface area contributed by atoms with E-state index in [0.29, 0.717) is 12.2 Å². The van der Waals surface area contributed by atoms with Crippen LogP contribution in [0.25, 0.3) is 0 Å². The van der Waals surface area contributed by atoms with Gasteiger partial charge in [0, 0.05) is 12.6 Å². The number of esters is 1. The standard InChI is InChI=1S/C16H23NO4/c1-5-12(3)21-14-9-7-13(8-10-14)16(19)17(4)11-15(18)20-6-2/h7-10,12H,5-6,11H2,1-4H3. The van der Waals surface area contributed by atoms with Crippen molar-refractivity contribution in [2.75, 3.05) is 20.2 Å². The third-order valence-corrected chi connectivity index (χ3v) is 3.03. The maximum atomic E-state index is 12.2. The summed E-state index contributed by atoms with van der Waals surface area (Å²) < 4.78 is 10.5. The van der Waals surface area contributed by atoms with Gasteiger partial charge in [0.1, 0.15) is 12.3 Å². The highest BCUT2D eigenvalue weighted by atomic mass is 16.5. The van der Waals surface area contributed by atoms with Gasteiger partial charge in [-0.25, -0.2) is 0 Å². The second-order valence-corrected chi connectivity index (χ2v) is 4.83. The molecule has 116 valence electrons. The SMILES string of the molecule is CCOC(=O)CN(C)C(=O)c1ccc(OC(C)CC)cc1. The van der Waals surface area contributed by atoms with E-state index in [1.807, 2.05) is 13.8 Å². The molecule has 0 N–H and O–H groups in total. The second kappa shape index (κ2) is 8.29. The quantitative estimate of drug-likeness (QED) is 0.725. The van der Waals surface area contributed by atoms with Crippen LogP contribution in [0.1, 0.15) is 37.6 Å². The van der Waals surface area contributed by atoms with Crippen molar-refractivity contribution in [3.8, 4) is 5.75 Å². The number of ether oxygens (including phenoxy) is 2. The van der Waals surface area contributed by atoms with E-state index in [9.17, 15) is 9.59 Å². The Labute approximate surface area is 125 Å². The molecule has 1 rings (SSSR count). The molecule has 0 saturated carbocycles. The lowest BCUT2D eigenvalue weighted by atomic mass is 10.2. The van der Waals surface area contributed by atoms with Gasteiger partial charge in [0.25, 0.3) is 5.91 Å². The zero-order valence-electron chi connectivity index (χ0n) is 13.1. The minimum absolute atomic E-state index is 0.0577. The summed E-state index contributed by atoms with van der Waals surface area (Å²) in [6.07, 6.45) is 1.06. The summed E-state index contributed by atoms with van der Waals surface area (Å²) in [5.74, 6) is 0.0946. The van der Waals surface area contributed by atoms with Crippen molar-refractivity contribution in [2.45, 2.75) is 33.3 Å². The molecule has 5 heteroatoms. The van der Waals surface area contributed by atoms with Crippen molar-refractivity contribution >= 4 is 11.9 Å². The Morgan fingerprint density at radius 1 is 1.19 bits per heavy atom. The average Bonchev–Trinajstić information content (AvgIpc) is 2.47. The summed E-state index contributed by atoms with van der Waals surface area (Å²) in [5.41, 5.74) is 0.512. The van der Waals surface area contributed by atoms with E-state index in [1.165, 1.54) is 4.90 Å². The third kappa shape index (κ3) is 5.45. The maximum Gasteiger partial charge on any atom is 0.325 e. The smallest absolute Gasteiger partial charge is 0.325 e. The number of likely N-dealkylation sites (N-methyl/N-ethyl adjacent to an activating group) is 1. The number of carbonyl (C=O) groups is 2. The number of hydrogen-bond donors (Lipinski definition) is 0. The Kier molecular flexibility index (Phi) is 6.72. The van der Waals surface area contributed by atoms with Gasteiger partial charge < -0.3 is 14.4 Å². The van der Waals surface area contributed by atoms with Gasteiger partial charge in [-0.05, 0) is 44.5 Å². The number of nitrogens with zero attached hydrogens (tertiary/aromatic N) is 1. The number of carbonyl (C=O) groups excluding carboxylic acids is 2. The monoisotopic (exact) mass is 293 g/mol. The molecule has 0 aliphatic carbocycles. The van der Waals surface area contributed by atoms with Crippen molar-refractivity contribution in [3.63, 3.8) is 0 Å². The lowest BCUT2D eigenvalue weighted by molar-refractivity contribution is -0.143. The zero-order valence-corrected chi connectivity index (χ0v) is 13.1. The predicted molar refractivity (Wildman–Crippen MR) is 80.4 cm³/mol. The molecule has 1 aromatic rings. The second-order valence-electron chi connectivity index (χ2n) is 4.83. The first-order chi connectivity index (χ1) is 9.97. The minimum Gasteiger partial charge on any atom is -0.491 e. The average molecular weight is 293 g/mol. The van der Waals surface area contributed by atoms with Crippen LogP contribution >= 0.6 is 0 Å². The molecular weight excluding hydrogens is 270 g/mol. The summed E-state index contributed by atoms with van der Waals surface area (Å²) in [4.78, 5) is 24.8. The van der Waals surface area contributed by atoms with Crippen LogP contribution in [0, 0.1) is 0 Å². The van der Waals surface area contributed by atoms with E-state index in [-0.39, 0.29) is 18.6 Å². The minimum atomic E-state index is -0.412.